The lowest BCUT2D eigenvalue weighted by atomic mass is 9.80. The molecule has 0 saturated carbocycles. The van der Waals surface area contributed by atoms with E-state index in [1.165, 1.54) is 31.4 Å². The van der Waals surface area contributed by atoms with Gasteiger partial charge in [-0.3, -0.25) is 4.79 Å². The number of aromatic hydroxyl groups is 1. The van der Waals surface area contributed by atoms with Crippen molar-refractivity contribution in [2.75, 3.05) is 14.2 Å². The molecule has 0 aliphatic carbocycles. The van der Waals surface area contributed by atoms with E-state index in [4.69, 9.17) is 9.57 Å². The Labute approximate surface area is 199 Å². The van der Waals surface area contributed by atoms with Crippen molar-refractivity contribution in [2.24, 2.45) is 0 Å². The van der Waals surface area contributed by atoms with E-state index < -0.39 is 29.2 Å². The highest BCUT2D eigenvalue weighted by molar-refractivity contribution is 5.97. The molecule has 3 rings (SSSR count). The summed E-state index contributed by atoms with van der Waals surface area (Å²) in [7, 11) is 3.07. The molecule has 0 fully saturated rings. The molecule has 0 radical (unpaired) electrons. The van der Waals surface area contributed by atoms with Gasteiger partial charge in [0.15, 0.2) is 17.2 Å². The van der Waals surface area contributed by atoms with Crippen molar-refractivity contribution >= 4 is 11.9 Å². The van der Waals surface area contributed by atoms with Gasteiger partial charge in [-0.05, 0) is 24.5 Å². The lowest BCUT2D eigenvalue weighted by molar-refractivity contribution is -0.210. The van der Waals surface area contributed by atoms with Gasteiger partial charge in [-0.1, -0.05) is 67.6 Å². The Balaban J connectivity index is 1.82. The fraction of sp³-hybridized carbons (Fsp3) is 0.269. The van der Waals surface area contributed by atoms with Gasteiger partial charge < -0.3 is 20.0 Å². The summed E-state index contributed by atoms with van der Waals surface area (Å²) in [6.45, 7) is 3.52. The average molecular weight is 464 g/mol. The molecule has 0 spiro atoms. The average Bonchev–Trinajstić information content (AvgIpc) is 2.86. The van der Waals surface area contributed by atoms with Crippen molar-refractivity contribution in [3.05, 3.63) is 89.7 Å². The van der Waals surface area contributed by atoms with Crippen molar-refractivity contribution in [1.29, 1.82) is 0 Å². The summed E-state index contributed by atoms with van der Waals surface area (Å²) in [6.07, 6.45) is 1.95. The summed E-state index contributed by atoms with van der Waals surface area (Å²) in [6, 6.07) is 20.0. The summed E-state index contributed by atoms with van der Waals surface area (Å²) in [5.74, 6) is -1.69. The lowest BCUT2D eigenvalue weighted by Crippen LogP contribution is -2.49. The van der Waals surface area contributed by atoms with Gasteiger partial charge >= 0.3 is 5.97 Å². The molecular formula is C26H29N3O5. The number of methoxy groups -OCH3 is 1. The van der Waals surface area contributed by atoms with Gasteiger partial charge in [-0.25, -0.2) is 9.78 Å². The van der Waals surface area contributed by atoms with Crippen LogP contribution < -0.4 is 10.1 Å². The van der Waals surface area contributed by atoms with E-state index in [-0.39, 0.29) is 11.4 Å². The largest absolute Gasteiger partial charge is 0.503 e. The van der Waals surface area contributed by atoms with Crippen LogP contribution in [0.15, 0.2) is 72.9 Å². The van der Waals surface area contributed by atoms with Gasteiger partial charge in [0.25, 0.3) is 5.91 Å². The Morgan fingerprint density at radius 1 is 1.06 bits per heavy atom. The van der Waals surface area contributed by atoms with Crippen LogP contribution in [0.5, 0.6) is 11.5 Å². The van der Waals surface area contributed by atoms with E-state index in [1.54, 1.807) is 7.05 Å². The number of ether oxygens (including phenoxy) is 1. The molecule has 2 N–H and O–H groups in total. The maximum absolute atomic E-state index is 13.0. The molecule has 0 aliphatic rings. The number of hydroxylamine groups is 2. The van der Waals surface area contributed by atoms with Gasteiger partial charge in [0, 0.05) is 19.3 Å². The normalized spacial score (nSPS) is 12.1. The van der Waals surface area contributed by atoms with Gasteiger partial charge in [-0.15, -0.1) is 5.06 Å². The van der Waals surface area contributed by atoms with E-state index >= 15 is 0 Å². The third-order valence-corrected chi connectivity index (χ3v) is 5.80. The fourth-order valence-electron chi connectivity index (χ4n) is 3.97. The number of amides is 1. The molecule has 8 nitrogen and oxygen atoms in total. The first-order valence-electron chi connectivity index (χ1n) is 10.9. The maximum atomic E-state index is 13.0. The number of carbonyl (C=O) groups excluding carboxylic acids is 2. The summed E-state index contributed by atoms with van der Waals surface area (Å²) < 4.78 is 5.01. The molecule has 1 amide bonds. The van der Waals surface area contributed by atoms with Crippen LogP contribution in [-0.4, -0.2) is 47.2 Å². The number of rotatable bonds is 9. The van der Waals surface area contributed by atoms with Gasteiger partial charge in [-0.2, -0.15) is 0 Å². The zero-order chi connectivity index (χ0) is 24.7. The number of hydrogen-bond donors (Lipinski definition) is 2. The summed E-state index contributed by atoms with van der Waals surface area (Å²) in [5, 5.41) is 14.2. The zero-order valence-corrected chi connectivity index (χ0v) is 19.7. The molecule has 1 heterocycles. The maximum Gasteiger partial charge on any atom is 0.347 e. The highest BCUT2D eigenvalue weighted by Gasteiger charge is 2.40. The monoisotopic (exact) mass is 463 g/mol. The number of aromatic nitrogens is 1. The predicted octanol–water partition coefficient (Wildman–Crippen LogP) is 3.66. The predicted molar refractivity (Wildman–Crippen MR) is 127 cm³/mol. The van der Waals surface area contributed by atoms with Crippen LogP contribution in [0, 0.1) is 0 Å². The zero-order valence-electron chi connectivity index (χ0n) is 19.7. The van der Waals surface area contributed by atoms with Crippen molar-refractivity contribution in [3.8, 4) is 11.5 Å². The Morgan fingerprint density at radius 2 is 1.62 bits per heavy atom. The van der Waals surface area contributed by atoms with Crippen molar-refractivity contribution in [3.63, 3.8) is 0 Å². The molecule has 0 aliphatic heterocycles. The molecule has 1 atom stereocenters. The first-order valence-corrected chi connectivity index (χ1v) is 10.9. The van der Waals surface area contributed by atoms with Crippen molar-refractivity contribution in [1.82, 2.24) is 15.4 Å². The molecule has 3 aromatic rings. The molecule has 0 unspecified atom stereocenters. The lowest BCUT2D eigenvalue weighted by Gasteiger charge is -2.41. The Hall–Kier alpha value is -3.91. The van der Waals surface area contributed by atoms with E-state index in [1.807, 2.05) is 67.6 Å². The second-order valence-corrected chi connectivity index (χ2v) is 7.76. The third-order valence-electron chi connectivity index (χ3n) is 5.80. The van der Waals surface area contributed by atoms with E-state index in [0.29, 0.717) is 6.42 Å². The van der Waals surface area contributed by atoms with Crippen molar-refractivity contribution in [2.45, 2.75) is 31.8 Å². The standard InChI is InChI=1S/C26H29N3O5/c1-5-26(19-12-8-6-9-13-19,20-14-10-7-11-15-20)29(3)34-25(32)18(2)28-24(31)22-23(30)21(33-4)16-17-27-22/h6-18,30H,5H2,1-4H3,(H,28,31)/t18-/m0/s1. The molecule has 2 aromatic carbocycles. The molecule has 0 saturated heterocycles. The van der Waals surface area contributed by atoms with Crippen LogP contribution in [-0.2, 0) is 15.2 Å². The molecule has 178 valence electrons. The van der Waals surface area contributed by atoms with Crippen LogP contribution in [0.4, 0.5) is 0 Å². The molecule has 8 heteroatoms. The van der Waals surface area contributed by atoms with Gasteiger partial charge in [0.2, 0.25) is 0 Å². The van der Waals surface area contributed by atoms with Crippen LogP contribution >= 0.6 is 0 Å². The second-order valence-electron chi connectivity index (χ2n) is 7.76. The third kappa shape index (κ3) is 4.87. The van der Waals surface area contributed by atoms with Gasteiger partial charge in [0.05, 0.1) is 7.11 Å². The second kappa shape index (κ2) is 10.8. The molecule has 0 bridgehead atoms. The van der Waals surface area contributed by atoms with E-state index in [0.717, 1.165) is 11.1 Å². The number of nitrogens with zero attached hydrogens (tertiary/aromatic N) is 2. The first kappa shape index (κ1) is 24.7. The van der Waals surface area contributed by atoms with Crippen LogP contribution in [0.25, 0.3) is 0 Å². The first-order chi connectivity index (χ1) is 16.3. The molecule has 34 heavy (non-hydrogen) atoms. The number of benzene rings is 2. The van der Waals surface area contributed by atoms with Crippen LogP contribution in [0.3, 0.4) is 0 Å². The highest BCUT2D eigenvalue weighted by atomic mass is 16.7. The Bertz CT molecular complexity index is 1080. The molecule has 1 aromatic heterocycles. The number of pyridine rings is 1. The minimum Gasteiger partial charge on any atom is -0.503 e. The minimum absolute atomic E-state index is 0.105. The highest BCUT2D eigenvalue weighted by Crippen LogP contribution is 2.38. The van der Waals surface area contributed by atoms with Gasteiger partial charge in [0.1, 0.15) is 11.6 Å². The summed E-state index contributed by atoms with van der Waals surface area (Å²) in [4.78, 5) is 35.2. The summed E-state index contributed by atoms with van der Waals surface area (Å²) in [5.41, 5.74) is 0.931. The van der Waals surface area contributed by atoms with Crippen LogP contribution in [0.2, 0.25) is 0 Å². The Morgan fingerprint density at radius 3 is 2.12 bits per heavy atom. The quantitative estimate of drug-likeness (QED) is 0.467. The number of nitrogens with one attached hydrogen (secondary N) is 1. The fourth-order valence-corrected chi connectivity index (χ4v) is 3.97. The number of carbonyl (C=O) groups is 2. The van der Waals surface area contributed by atoms with E-state index in [2.05, 4.69) is 10.3 Å². The SMILES string of the molecule is CCC(c1ccccc1)(c1ccccc1)N(C)OC(=O)[C@H](C)NC(=O)c1nccc(OC)c1O. The molecular weight excluding hydrogens is 434 g/mol. The van der Waals surface area contributed by atoms with Crippen LogP contribution in [0.1, 0.15) is 41.9 Å². The Kier molecular flexibility index (Phi) is 7.86. The number of hydrogen-bond acceptors (Lipinski definition) is 7. The smallest absolute Gasteiger partial charge is 0.347 e. The topological polar surface area (TPSA) is 101 Å². The summed E-state index contributed by atoms with van der Waals surface area (Å²) >= 11 is 0. The van der Waals surface area contributed by atoms with Crippen molar-refractivity contribution < 1.29 is 24.3 Å². The van der Waals surface area contributed by atoms with E-state index in [9.17, 15) is 14.7 Å². The minimum atomic E-state index is -1.01.